The first-order valence-corrected chi connectivity index (χ1v) is 7.10. The number of nitrogens with zero attached hydrogens (tertiary/aromatic N) is 2. The predicted octanol–water partition coefficient (Wildman–Crippen LogP) is 3.40. The zero-order valence-electron chi connectivity index (χ0n) is 12.2. The van der Waals surface area contributed by atoms with E-state index in [1.165, 1.54) is 0 Å². The summed E-state index contributed by atoms with van der Waals surface area (Å²) < 4.78 is 3.63. The molecule has 0 unspecified atom stereocenters. The van der Waals surface area contributed by atoms with Gasteiger partial charge in [0.2, 0.25) is 0 Å². The van der Waals surface area contributed by atoms with Crippen molar-refractivity contribution >= 4 is 33.4 Å². The molecule has 0 bridgehead atoms. The molecule has 4 rings (SSSR count). The lowest BCUT2D eigenvalue weighted by Crippen LogP contribution is -2.10. The highest BCUT2D eigenvalue weighted by molar-refractivity contribution is 6.06. The van der Waals surface area contributed by atoms with Crippen LogP contribution in [0.2, 0.25) is 0 Å². The number of benzene rings is 2. The summed E-state index contributed by atoms with van der Waals surface area (Å²) in [6, 6.07) is 15.4. The number of nitrogens with two attached hydrogens (primary N) is 1. The Hall–Kier alpha value is -3.01. The average molecular weight is 289 g/mol. The van der Waals surface area contributed by atoms with Gasteiger partial charge in [-0.05, 0) is 29.7 Å². The van der Waals surface area contributed by atoms with Gasteiger partial charge in [-0.2, -0.15) is 0 Å². The number of fused-ring (bicyclic) bond motifs is 2. The van der Waals surface area contributed by atoms with Crippen molar-refractivity contribution in [2.75, 3.05) is 5.73 Å². The summed E-state index contributed by atoms with van der Waals surface area (Å²) in [6.45, 7) is 0. The first-order chi connectivity index (χ1) is 10.6. The third kappa shape index (κ3) is 1.74. The maximum atomic E-state index is 12.8. The van der Waals surface area contributed by atoms with Crippen molar-refractivity contribution in [3.8, 4) is 0 Å². The first kappa shape index (κ1) is 12.7. The molecule has 4 nitrogen and oxygen atoms in total. The zero-order chi connectivity index (χ0) is 15.3. The standard InChI is InChI=1S/C18H15N3O/c1-20-9-8-12-6-7-13(10-17(12)20)18(22)21-11-15(19)14-4-2-3-5-16(14)21/h2-11H,19H2,1H3. The van der Waals surface area contributed by atoms with Gasteiger partial charge in [-0.25, -0.2) is 0 Å². The lowest BCUT2D eigenvalue weighted by atomic mass is 10.1. The molecule has 4 aromatic rings. The fourth-order valence-corrected chi connectivity index (χ4v) is 2.91. The molecule has 0 amide bonds. The van der Waals surface area contributed by atoms with Gasteiger partial charge in [-0.1, -0.05) is 24.3 Å². The lowest BCUT2D eigenvalue weighted by Gasteiger charge is -2.05. The van der Waals surface area contributed by atoms with Crippen molar-refractivity contribution in [2.24, 2.45) is 7.05 Å². The number of carbonyl (C=O) groups is 1. The number of carbonyl (C=O) groups excluding carboxylic acids is 1. The van der Waals surface area contributed by atoms with Crippen LogP contribution in [0.15, 0.2) is 60.9 Å². The third-order valence-corrected chi connectivity index (χ3v) is 4.10. The minimum absolute atomic E-state index is 0.0731. The van der Waals surface area contributed by atoms with Gasteiger partial charge in [0.15, 0.2) is 0 Å². The fourth-order valence-electron chi connectivity index (χ4n) is 2.91. The molecule has 4 heteroatoms. The highest BCUT2D eigenvalue weighted by atomic mass is 16.2. The minimum Gasteiger partial charge on any atom is -0.397 e. The molecule has 0 saturated heterocycles. The van der Waals surface area contributed by atoms with E-state index in [4.69, 9.17) is 5.73 Å². The van der Waals surface area contributed by atoms with Gasteiger partial charge in [0, 0.05) is 35.9 Å². The van der Waals surface area contributed by atoms with Gasteiger partial charge in [-0.15, -0.1) is 0 Å². The molecule has 0 aliphatic heterocycles. The van der Waals surface area contributed by atoms with E-state index in [-0.39, 0.29) is 5.91 Å². The van der Waals surface area contributed by atoms with Crippen LogP contribution >= 0.6 is 0 Å². The molecule has 0 saturated carbocycles. The summed E-state index contributed by atoms with van der Waals surface area (Å²) in [7, 11) is 1.97. The Balaban J connectivity index is 1.89. The molecule has 0 fully saturated rings. The number of aromatic nitrogens is 2. The van der Waals surface area contributed by atoms with Gasteiger partial charge in [0.05, 0.1) is 11.2 Å². The number of aryl methyl sites for hydroxylation is 1. The van der Waals surface area contributed by atoms with E-state index in [1.54, 1.807) is 10.8 Å². The summed E-state index contributed by atoms with van der Waals surface area (Å²) in [5.74, 6) is -0.0731. The van der Waals surface area contributed by atoms with Gasteiger partial charge < -0.3 is 10.3 Å². The largest absolute Gasteiger partial charge is 0.397 e. The molecule has 0 atom stereocenters. The second-order valence-electron chi connectivity index (χ2n) is 5.48. The van der Waals surface area contributed by atoms with Gasteiger partial charge >= 0.3 is 0 Å². The molecule has 0 radical (unpaired) electrons. The van der Waals surface area contributed by atoms with E-state index in [0.717, 1.165) is 21.8 Å². The predicted molar refractivity (Wildman–Crippen MR) is 89.0 cm³/mol. The second kappa shape index (κ2) is 4.49. The smallest absolute Gasteiger partial charge is 0.262 e. The Morgan fingerprint density at radius 1 is 1.05 bits per heavy atom. The van der Waals surface area contributed by atoms with E-state index in [2.05, 4.69) is 0 Å². The molecular weight excluding hydrogens is 274 g/mol. The van der Waals surface area contributed by atoms with Crippen molar-refractivity contribution < 1.29 is 4.79 Å². The van der Waals surface area contributed by atoms with Crippen molar-refractivity contribution in [1.29, 1.82) is 0 Å². The Labute approximate surface area is 127 Å². The number of nitrogen functional groups attached to an aromatic ring is 1. The average Bonchev–Trinajstić information content (AvgIpc) is 3.08. The SMILES string of the molecule is Cn1ccc2ccc(C(=O)n3cc(N)c4ccccc43)cc21. The lowest BCUT2D eigenvalue weighted by molar-refractivity contribution is 0.0965. The van der Waals surface area contributed by atoms with Crippen LogP contribution < -0.4 is 5.73 Å². The molecule has 2 N–H and O–H groups in total. The monoisotopic (exact) mass is 289 g/mol. The molecular formula is C18H15N3O. The summed E-state index contributed by atoms with van der Waals surface area (Å²) in [5.41, 5.74) is 9.14. The van der Waals surface area contributed by atoms with Crippen molar-refractivity contribution in [3.63, 3.8) is 0 Å². The van der Waals surface area contributed by atoms with E-state index in [1.807, 2.05) is 66.3 Å². The van der Waals surface area contributed by atoms with Crippen LogP contribution in [0.4, 0.5) is 5.69 Å². The maximum absolute atomic E-state index is 12.8. The van der Waals surface area contributed by atoms with Gasteiger partial charge in [-0.3, -0.25) is 9.36 Å². The zero-order valence-corrected chi connectivity index (χ0v) is 12.2. The number of rotatable bonds is 1. The molecule has 2 aromatic heterocycles. The van der Waals surface area contributed by atoms with Gasteiger partial charge in [0.1, 0.15) is 0 Å². The highest BCUT2D eigenvalue weighted by Crippen LogP contribution is 2.25. The van der Waals surface area contributed by atoms with Crippen molar-refractivity contribution in [1.82, 2.24) is 9.13 Å². The number of para-hydroxylation sites is 1. The molecule has 22 heavy (non-hydrogen) atoms. The Kier molecular flexibility index (Phi) is 2.60. The van der Waals surface area contributed by atoms with E-state index in [9.17, 15) is 4.79 Å². The Bertz CT molecular complexity index is 1020. The maximum Gasteiger partial charge on any atom is 0.262 e. The first-order valence-electron chi connectivity index (χ1n) is 7.10. The molecule has 108 valence electrons. The van der Waals surface area contributed by atoms with Crippen LogP contribution in [-0.2, 0) is 7.05 Å². The third-order valence-electron chi connectivity index (χ3n) is 4.10. The fraction of sp³-hybridized carbons (Fsp3) is 0.0556. The summed E-state index contributed by atoms with van der Waals surface area (Å²) in [6.07, 6.45) is 3.68. The van der Waals surface area contributed by atoms with E-state index < -0.39 is 0 Å². The molecule has 0 spiro atoms. The molecule has 2 heterocycles. The van der Waals surface area contributed by atoms with Crippen LogP contribution in [-0.4, -0.2) is 15.0 Å². The van der Waals surface area contributed by atoms with E-state index >= 15 is 0 Å². The molecule has 0 aliphatic rings. The number of anilines is 1. The Morgan fingerprint density at radius 2 is 1.86 bits per heavy atom. The molecule has 2 aromatic carbocycles. The quantitative estimate of drug-likeness (QED) is 0.584. The normalized spacial score (nSPS) is 11.3. The number of hydrogen-bond donors (Lipinski definition) is 1. The molecule has 0 aliphatic carbocycles. The second-order valence-corrected chi connectivity index (χ2v) is 5.48. The van der Waals surface area contributed by atoms with Crippen LogP contribution in [0.3, 0.4) is 0 Å². The van der Waals surface area contributed by atoms with Gasteiger partial charge in [0.25, 0.3) is 5.91 Å². The van der Waals surface area contributed by atoms with Crippen LogP contribution in [0.1, 0.15) is 10.4 Å². The Morgan fingerprint density at radius 3 is 2.73 bits per heavy atom. The van der Waals surface area contributed by atoms with E-state index in [0.29, 0.717) is 11.3 Å². The van der Waals surface area contributed by atoms with Crippen LogP contribution in [0.5, 0.6) is 0 Å². The highest BCUT2D eigenvalue weighted by Gasteiger charge is 2.14. The van der Waals surface area contributed by atoms with Crippen LogP contribution in [0, 0.1) is 0 Å². The summed E-state index contributed by atoms with van der Waals surface area (Å²) in [5, 5.41) is 2.02. The van der Waals surface area contributed by atoms with Crippen molar-refractivity contribution in [2.45, 2.75) is 0 Å². The topological polar surface area (TPSA) is 53.0 Å². The van der Waals surface area contributed by atoms with Crippen molar-refractivity contribution in [3.05, 3.63) is 66.5 Å². The minimum atomic E-state index is -0.0731. The number of hydrogen-bond acceptors (Lipinski definition) is 2. The summed E-state index contributed by atoms with van der Waals surface area (Å²) in [4.78, 5) is 12.8. The van der Waals surface area contributed by atoms with Crippen LogP contribution in [0.25, 0.3) is 21.8 Å². The summed E-state index contributed by atoms with van der Waals surface area (Å²) >= 11 is 0.